The maximum atomic E-state index is 11.9. The highest BCUT2D eigenvalue weighted by atomic mass is 32.1. The van der Waals surface area contributed by atoms with Crippen LogP contribution in [-0.2, 0) is 4.79 Å². The van der Waals surface area contributed by atoms with E-state index in [1.165, 1.54) is 16.9 Å². The molecule has 0 bridgehead atoms. The third-order valence-corrected chi connectivity index (χ3v) is 4.41. The average Bonchev–Trinajstić information content (AvgIpc) is 2.77. The van der Waals surface area contributed by atoms with E-state index in [2.05, 4.69) is 16.4 Å². The molecule has 0 saturated heterocycles. The highest BCUT2D eigenvalue weighted by Crippen LogP contribution is 2.21. The molecule has 1 heterocycles. The Labute approximate surface area is 135 Å². The molecule has 0 radical (unpaired) electrons. The molecule has 22 heavy (non-hydrogen) atoms. The van der Waals surface area contributed by atoms with Crippen LogP contribution in [0, 0.1) is 27.7 Å². The summed E-state index contributed by atoms with van der Waals surface area (Å²) in [6.07, 6.45) is 1.12. The summed E-state index contributed by atoms with van der Waals surface area (Å²) in [6.45, 7) is 8.54. The lowest BCUT2D eigenvalue weighted by atomic mass is 10.1. The third kappa shape index (κ3) is 4.56. The Balaban J connectivity index is 1.74. The van der Waals surface area contributed by atoms with Crippen LogP contribution < -0.4 is 10.1 Å². The van der Waals surface area contributed by atoms with Gasteiger partial charge in [0.05, 0.1) is 12.3 Å². The standard InChI is InChI=1S/C17H22N2O2S/c1-11-7-8-12(2)15(10-11)21-9-5-6-16(20)19-17-18-13(3)14(4)22-17/h7-8,10H,5-6,9H2,1-4H3,(H,18,19,20). The summed E-state index contributed by atoms with van der Waals surface area (Å²) in [5, 5.41) is 3.51. The van der Waals surface area contributed by atoms with Gasteiger partial charge in [-0.05, 0) is 51.3 Å². The van der Waals surface area contributed by atoms with E-state index < -0.39 is 0 Å². The number of nitrogens with zero attached hydrogens (tertiary/aromatic N) is 1. The molecule has 0 unspecified atom stereocenters. The van der Waals surface area contributed by atoms with Crippen molar-refractivity contribution in [2.24, 2.45) is 0 Å². The molecule has 2 rings (SSSR count). The van der Waals surface area contributed by atoms with Crippen molar-refractivity contribution in [1.29, 1.82) is 0 Å². The van der Waals surface area contributed by atoms with Crippen molar-refractivity contribution in [3.05, 3.63) is 39.9 Å². The SMILES string of the molecule is Cc1ccc(C)c(OCCCC(=O)Nc2nc(C)c(C)s2)c1. The number of ether oxygens (including phenoxy) is 1. The number of hydrogen-bond acceptors (Lipinski definition) is 4. The molecule has 0 aliphatic rings. The lowest BCUT2D eigenvalue weighted by molar-refractivity contribution is -0.116. The molecule has 1 N–H and O–H groups in total. The average molecular weight is 318 g/mol. The van der Waals surface area contributed by atoms with E-state index in [1.807, 2.05) is 39.8 Å². The van der Waals surface area contributed by atoms with E-state index in [-0.39, 0.29) is 5.91 Å². The summed E-state index contributed by atoms with van der Waals surface area (Å²) < 4.78 is 5.75. The normalized spacial score (nSPS) is 10.5. The predicted molar refractivity (Wildman–Crippen MR) is 90.9 cm³/mol. The molecule has 1 aromatic carbocycles. The van der Waals surface area contributed by atoms with E-state index in [1.54, 1.807) is 0 Å². The number of hydrogen-bond donors (Lipinski definition) is 1. The van der Waals surface area contributed by atoms with Gasteiger partial charge in [0.25, 0.3) is 0 Å². The number of amides is 1. The van der Waals surface area contributed by atoms with Gasteiger partial charge in [-0.25, -0.2) is 4.98 Å². The summed E-state index contributed by atoms with van der Waals surface area (Å²) in [5.74, 6) is 0.880. The van der Waals surface area contributed by atoms with Crippen LogP contribution in [0.1, 0.15) is 34.5 Å². The van der Waals surface area contributed by atoms with E-state index in [4.69, 9.17) is 4.74 Å². The van der Waals surface area contributed by atoms with Gasteiger partial charge in [0.15, 0.2) is 5.13 Å². The van der Waals surface area contributed by atoms with Gasteiger partial charge in [0.1, 0.15) is 5.75 Å². The van der Waals surface area contributed by atoms with Gasteiger partial charge in [-0.2, -0.15) is 0 Å². The van der Waals surface area contributed by atoms with Crippen molar-refractivity contribution in [2.75, 3.05) is 11.9 Å². The highest BCUT2D eigenvalue weighted by molar-refractivity contribution is 7.15. The molecule has 0 saturated carbocycles. The summed E-state index contributed by atoms with van der Waals surface area (Å²) in [5.41, 5.74) is 3.26. The molecule has 0 atom stereocenters. The number of benzene rings is 1. The molecule has 0 aliphatic heterocycles. The van der Waals surface area contributed by atoms with Gasteiger partial charge in [-0.3, -0.25) is 4.79 Å². The maximum Gasteiger partial charge on any atom is 0.226 e. The van der Waals surface area contributed by atoms with Crippen molar-refractivity contribution in [3.63, 3.8) is 0 Å². The largest absolute Gasteiger partial charge is 0.493 e. The van der Waals surface area contributed by atoms with Crippen molar-refractivity contribution < 1.29 is 9.53 Å². The van der Waals surface area contributed by atoms with Gasteiger partial charge in [0.2, 0.25) is 5.91 Å². The lowest BCUT2D eigenvalue weighted by Crippen LogP contribution is -2.12. The van der Waals surface area contributed by atoms with Crippen LogP contribution in [0.5, 0.6) is 5.75 Å². The number of carbonyl (C=O) groups excluding carboxylic acids is 1. The Kier molecular flexibility index (Phi) is 5.55. The topological polar surface area (TPSA) is 51.2 Å². The number of thiazole rings is 1. The highest BCUT2D eigenvalue weighted by Gasteiger charge is 2.08. The first-order valence-electron chi connectivity index (χ1n) is 7.39. The molecular weight excluding hydrogens is 296 g/mol. The smallest absolute Gasteiger partial charge is 0.226 e. The Bertz CT molecular complexity index is 645. The zero-order chi connectivity index (χ0) is 16.1. The van der Waals surface area contributed by atoms with Crippen LogP contribution >= 0.6 is 11.3 Å². The maximum absolute atomic E-state index is 11.9. The Morgan fingerprint density at radius 2 is 2.05 bits per heavy atom. The second-order valence-corrected chi connectivity index (χ2v) is 6.63. The van der Waals surface area contributed by atoms with Crippen molar-refractivity contribution in [1.82, 2.24) is 4.98 Å². The van der Waals surface area contributed by atoms with E-state index in [0.29, 0.717) is 24.6 Å². The Hall–Kier alpha value is -1.88. The minimum atomic E-state index is -0.0154. The molecule has 1 aromatic heterocycles. The van der Waals surface area contributed by atoms with Crippen molar-refractivity contribution in [2.45, 2.75) is 40.5 Å². The first kappa shape index (κ1) is 16.5. The van der Waals surface area contributed by atoms with E-state index >= 15 is 0 Å². The summed E-state index contributed by atoms with van der Waals surface area (Å²) in [6, 6.07) is 6.13. The van der Waals surface area contributed by atoms with Crippen LogP contribution in [0.3, 0.4) is 0 Å². The Morgan fingerprint density at radius 3 is 2.73 bits per heavy atom. The zero-order valence-corrected chi connectivity index (χ0v) is 14.3. The van der Waals surface area contributed by atoms with Crippen LogP contribution in [0.4, 0.5) is 5.13 Å². The van der Waals surface area contributed by atoms with Crippen LogP contribution in [0.2, 0.25) is 0 Å². The molecule has 118 valence electrons. The lowest BCUT2D eigenvalue weighted by Gasteiger charge is -2.09. The number of carbonyl (C=O) groups is 1. The van der Waals surface area contributed by atoms with Gasteiger partial charge in [-0.15, -0.1) is 11.3 Å². The third-order valence-electron chi connectivity index (χ3n) is 3.42. The van der Waals surface area contributed by atoms with Crippen molar-refractivity contribution >= 4 is 22.4 Å². The number of rotatable bonds is 6. The fraction of sp³-hybridized carbons (Fsp3) is 0.412. The molecular formula is C17H22N2O2S. The molecule has 2 aromatic rings. The second kappa shape index (κ2) is 7.40. The monoisotopic (exact) mass is 318 g/mol. The van der Waals surface area contributed by atoms with E-state index in [9.17, 15) is 4.79 Å². The minimum Gasteiger partial charge on any atom is -0.493 e. The summed E-state index contributed by atoms with van der Waals surface area (Å²) in [7, 11) is 0. The number of anilines is 1. The quantitative estimate of drug-likeness (QED) is 0.813. The first-order chi connectivity index (χ1) is 10.5. The van der Waals surface area contributed by atoms with Gasteiger partial charge >= 0.3 is 0 Å². The molecule has 0 aliphatic carbocycles. The fourth-order valence-electron chi connectivity index (χ4n) is 1.99. The minimum absolute atomic E-state index is 0.0154. The predicted octanol–water partition coefficient (Wildman–Crippen LogP) is 4.17. The van der Waals surface area contributed by atoms with Gasteiger partial charge < -0.3 is 10.1 Å². The fourth-order valence-corrected chi connectivity index (χ4v) is 2.82. The Morgan fingerprint density at radius 1 is 1.27 bits per heavy atom. The number of aromatic nitrogens is 1. The van der Waals surface area contributed by atoms with Gasteiger partial charge in [0, 0.05) is 11.3 Å². The van der Waals surface area contributed by atoms with Crippen LogP contribution in [0.15, 0.2) is 18.2 Å². The molecule has 0 spiro atoms. The van der Waals surface area contributed by atoms with Crippen LogP contribution in [0.25, 0.3) is 0 Å². The zero-order valence-electron chi connectivity index (χ0n) is 13.5. The first-order valence-corrected chi connectivity index (χ1v) is 8.21. The van der Waals surface area contributed by atoms with Gasteiger partial charge in [-0.1, -0.05) is 12.1 Å². The van der Waals surface area contributed by atoms with Crippen LogP contribution in [-0.4, -0.2) is 17.5 Å². The summed E-state index contributed by atoms with van der Waals surface area (Å²) in [4.78, 5) is 17.3. The summed E-state index contributed by atoms with van der Waals surface area (Å²) >= 11 is 1.51. The number of nitrogens with one attached hydrogen (secondary N) is 1. The van der Waals surface area contributed by atoms with E-state index in [0.717, 1.165) is 21.9 Å². The second-order valence-electron chi connectivity index (χ2n) is 5.43. The molecule has 5 heteroatoms. The molecule has 0 fully saturated rings. The molecule has 4 nitrogen and oxygen atoms in total. The van der Waals surface area contributed by atoms with Crippen molar-refractivity contribution in [3.8, 4) is 5.75 Å². The molecule has 1 amide bonds. The number of aryl methyl sites for hydroxylation is 4.